The van der Waals surface area contributed by atoms with Crippen LogP contribution in [0.25, 0.3) is 0 Å². The molecule has 0 amide bonds. The van der Waals surface area contributed by atoms with E-state index in [1.54, 1.807) is 11.1 Å². The number of nitrogens with one attached hydrogen (secondary N) is 4. The number of carbonyl (C=O) groups is 4. The van der Waals surface area contributed by atoms with Crippen molar-refractivity contribution in [2.75, 3.05) is 0 Å². The van der Waals surface area contributed by atoms with Crippen molar-refractivity contribution in [1.29, 1.82) is 21.6 Å². The fraction of sp³-hybridized carbons (Fsp3) is 0.811. The minimum absolute atomic E-state index is 0. The van der Waals surface area contributed by atoms with E-state index in [-0.39, 0.29) is 89.8 Å². The highest BCUT2D eigenvalue weighted by Crippen LogP contribution is 2.86. The van der Waals surface area contributed by atoms with Gasteiger partial charge in [-0.2, -0.15) is 0 Å². The first-order valence-corrected chi connectivity index (χ1v) is 46.0. The van der Waals surface area contributed by atoms with Crippen LogP contribution in [0, 0.1) is 203 Å². The summed E-state index contributed by atoms with van der Waals surface area (Å²) in [7, 11) is 0. The molecule has 17 heteroatoms. The molecule has 34 atom stereocenters. The highest BCUT2D eigenvalue weighted by Gasteiger charge is 2.85. The monoisotopic (exact) mass is 1550 g/mol. The van der Waals surface area contributed by atoms with Gasteiger partial charge in [0.1, 0.15) is 22.4 Å². The van der Waals surface area contributed by atoms with Gasteiger partial charge in [0.2, 0.25) is 0 Å². The molecule has 26 aliphatic rings. The summed E-state index contributed by atoms with van der Waals surface area (Å²) in [6, 6.07) is 0. The number of rotatable bonds is 4. The Labute approximate surface area is 669 Å². The van der Waals surface area contributed by atoms with Gasteiger partial charge >= 0.3 is 23.9 Å². The highest BCUT2D eigenvalue weighted by atomic mass is 35.5. The predicted molar refractivity (Wildman–Crippen MR) is 428 cm³/mol. The van der Waals surface area contributed by atoms with E-state index in [0.29, 0.717) is 84.2 Å². The number of carbonyl (C=O) groups excluding carboxylic acids is 4. The average molecular weight is 1560 g/mol. The van der Waals surface area contributed by atoms with Crippen LogP contribution in [0.2, 0.25) is 0 Å². The Morgan fingerprint density at radius 1 is 0.384 bits per heavy atom. The van der Waals surface area contributed by atoms with Gasteiger partial charge < -0.3 is 62.5 Å². The molecule has 16 nitrogen and oxygen atoms in total. The van der Waals surface area contributed by atoms with Gasteiger partial charge in [-0.05, 0) is 383 Å². The molecule has 23 unspecified atom stereocenters. The molecule has 610 valence electrons. The molecule has 22 aliphatic carbocycles. The van der Waals surface area contributed by atoms with Crippen LogP contribution in [0.5, 0.6) is 0 Å². The van der Waals surface area contributed by atoms with Crippen molar-refractivity contribution in [3.63, 3.8) is 0 Å². The zero-order valence-corrected chi connectivity index (χ0v) is 68.2. The van der Waals surface area contributed by atoms with Gasteiger partial charge in [0, 0.05) is 93.9 Å². The van der Waals surface area contributed by atoms with Crippen molar-refractivity contribution in [3.05, 3.63) is 57.7 Å². The molecule has 4 saturated heterocycles. The third-order valence-electron chi connectivity index (χ3n) is 40.9. The maximum absolute atomic E-state index is 12.3. The molecule has 17 saturated carbocycles. The lowest BCUT2D eigenvalue weighted by atomic mass is 9.46. The molecule has 0 radical (unpaired) electrons. The maximum Gasteiger partial charge on any atom is 0.306 e. The number of allylic oxidation sites excluding steroid dienone is 10. The van der Waals surface area contributed by atoms with Gasteiger partial charge in [0.05, 0.1) is 5.03 Å². The lowest BCUT2D eigenvalue weighted by molar-refractivity contribution is -0.180. The van der Waals surface area contributed by atoms with Crippen LogP contribution in [0.3, 0.4) is 0 Å². The SMILES string of the molecule is CC[C@]12CCC3C(C4CC4C4=CC(=N)CC[C@@H]43)C1C1CC1[C@@]21CCC(=O)O1.CC[C@]12CCC3C(C=CC4=CC(=N)CC[C@@H]43)C1C1CC1[C@@]21CCC(=O)O1.CC[C@]12CCC3C(CC4(CC4)C4=CC(=N)CC[C@@H]43)C1C1CC1[C@@]21CCC(=O)O1.CC[C@]12CCC3C4CCC(=N)C(Cl)=C4CCC3C1C1CC1[C@@]21CCC(=O)O1.O.O.O.O. The fourth-order valence-corrected chi connectivity index (χ4v) is 37.6. The second-order valence-electron chi connectivity index (χ2n) is 42.7. The Kier molecular flexibility index (Phi) is 17.9. The first kappa shape index (κ1) is 77.3. The zero-order chi connectivity index (χ0) is 73.3. The number of ether oxygens (including phenoxy) is 4. The molecular weight excluding hydrogens is 1420 g/mol. The Bertz CT molecular complexity index is 4230. The van der Waals surface area contributed by atoms with Crippen molar-refractivity contribution < 1.29 is 60.0 Å². The Balaban J connectivity index is 0.0000000994. The van der Waals surface area contributed by atoms with Crippen molar-refractivity contribution in [2.24, 2.45) is 181 Å². The molecule has 4 heterocycles. The van der Waals surface area contributed by atoms with E-state index < -0.39 is 0 Å². The normalized spacial score (nSPS) is 53.1. The van der Waals surface area contributed by atoms with Gasteiger partial charge in [0.15, 0.2) is 0 Å². The van der Waals surface area contributed by atoms with E-state index in [1.807, 2.05) is 0 Å². The van der Waals surface area contributed by atoms with Gasteiger partial charge in [-0.25, -0.2) is 0 Å². The molecule has 0 aromatic rings. The third-order valence-corrected chi connectivity index (χ3v) is 41.4. The largest absolute Gasteiger partial charge is 0.458 e. The lowest BCUT2D eigenvalue weighted by Crippen LogP contribution is -2.57. The summed E-state index contributed by atoms with van der Waals surface area (Å²) in [6.45, 7) is 9.51. The summed E-state index contributed by atoms with van der Waals surface area (Å²) < 4.78 is 25.1. The van der Waals surface area contributed by atoms with Crippen LogP contribution in [0.15, 0.2) is 57.7 Å². The summed E-state index contributed by atoms with van der Waals surface area (Å²) in [6.07, 6.45) is 54.7. The van der Waals surface area contributed by atoms with Crippen molar-refractivity contribution in [2.45, 2.75) is 294 Å². The quantitative estimate of drug-likeness (QED) is 0.154. The molecule has 12 N–H and O–H groups in total. The van der Waals surface area contributed by atoms with E-state index in [0.717, 1.165) is 206 Å². The number of hydrogen-bond acceptors (Lipinski definition) is 12. The summed E-state index contributed by atoms with van der Waals surface area (Å²) in [5.41, 5.74) is 10.5. The van der Waals surface area contributed by atoms with Crippen LogP contribution >= 0.6 is 11.6 Å². The van der Waals surface area contributed by atoms with Gasteiger partial charge in [-0.15, -0.1) is 0 Å². The molecule has 0 aromatic carbocycles. The topological polar surface area (TPSA) is 327 Å². The van der Waals surface area contributed by atoms with Crippen molar-refractivity contribution in [1.82, 2.24) is 0 Å². The predicted octanol–water partition coefficient (Wildman–Crippen LogP) is 16.9. The van der Waals surface area contributed by atoms with Crippen molar-refractivity contribution >= 4 is 58.3 Å². The third kappa shape index (κ3) is 9.74. The zero-order valence-electron chi connectivity index (χ0n) is 67.4. The standard InChI is InChI=1S/C25H33NO2.C24H31NO2.C23H30ClNO2.C23H29NO2.4H2O/c1-2-24-7-5-15-16-4-3-14(26)11-19(16)23(9-10-23)13-18(15)22(24)17-12-20(17)25(24)8-6-21(27)28-25;1-2-23-7-5-14-13-4-3-12(25)9-15(13)16-10-17(16)21(14)22(23)18-11-19(18)24(23)8-6-20(26)27-24;1-2-22-9-7-13-12-5-6-18(25)21(24)15(12)4-3-14(13)20(22)16-11-17(16)23(22)10-8-19(26)27-23;1-2-22-9-7-16-15-6-4-14(24)11-13(15)3-5-17(16)21(22)18-12-19(18)23(22)10-8-20(25)26-23;;;;/h11,15-18,20,22,26H,2-10,12-13H2,1H3;9,13-14,16-19,21-22,25H,2-8,10-11H2,1H3;12-14,16-17,20,25H,2-11H2,1H3;3,5,11,15-19,21,24H,2,4,6-10,12H2,1H3;4*1H2/t15?,16-,17?,18?,20?,22?,24+,25+;13-,14?,16?,17?,18?,19?,21?,22?,23+,24+;12?,13?,14?,16?,17?,20?,22-,23-;15-,16?,17?,18?,19?,21?,22-,23-;;;;/m1100..../s1. The molecule has 4 aliphatic heterocycles. The van der Waals surface area contributed by atoms with E-state index in [2.05, 4.69) is 58.1 Å². The first-order valence-electron chi connectivity index (χ1n) is 45.6. The minimum Gasteiger partial charge on any atom is -0.458 e. The Morgan fingerprint density at radius 3 is 1.34 bits per heavy atom. The number of hydrogen-bond donors (Lipinski definition) is 4. The van der Waals surface area contributed by atoms with E-state index >= 15 is 0 Å². The van der Waals surface area contributed by atoms with E-state index in [9.17, 15) is 19.2 Å². The van der Waals surface area contributed by atoms with Crippen LogP contribution in [-0.2, 0) is 38.1 Å². The number of halogens is 1. The lowest BCUT2D eigenvalue weighted by Gasteiger charge is -2.59. The molecule has 21 fully saturated rings. The van der Waals surface area contributed by atoms with Crippen LogP contribution in [0.4, 0.5) is 0 Å². The molecule has 26 rings (SSSR count). The van der Waals surface area contributed by atoms with Gasteiger partial charge in [0.25, 0.3) is 0 Å². The molecule has 5 spiro atoms. The van der Waals surface area contributed by atoms with Crippen LogP contribution < -0.4 is 0 Å². The second-order valence-corrected chi connectivity index (χ2v) is 43.0. The molecule has 0 bridgehead atoms. The van der Waals surface area contributed by atoms with Crippen LogP contribution in [-0.4, -0.2) is 91.0 Å². The van der Waals surface area contributed by atoms with E-state index in [4.69, 9.17) is 52.2 Å². The molecule has 112 heavy (non-hydrogen) atoms. The summed E-state index contributed by atoms with van der Waals surface area (Å²) in [5, 5.41) is 33.4. The Morgan fingerprint density at radius 2 is 0.821 bits per heavy atom. The van der Waals surface area contributed by atoms with E-state index in [1.165, 1.54) is 152 Å². The Hall–Kier alpha value is -4.61. The first-order chi connectivity index (χ1) is 52.2. The summed E-state index contributed by atoms with van der Waals surface area (Å²) in [5.74, 6) is 20.1. The minimum atomic E-state index is -0.127. The van der Waals surface area contributed by atoms with Crippen LogP contribution in [0.1, 0.15) is 272 Å². The average Bonchev–Trinajstić information content (AvgIpc) is 1.49. The van der Waals surface area contributed by atoms with Crippen molar-refractivity contribution in [3.8, 4) is 0 Å². The van der Waals surface area contributed by atoms with Gasteiger partial charge in [-0.3, -0.25) is 19.2 Å². The molecular formula is C95H131ClN4O12. The smallest absolute Gasteiger partial charge is 0.306 e. The number of esters is 4. The highest BCUT2D eigenvalue weighted by molar-refractivity contribution is 6.43. The summed E-state index contributed by atoms with van der Waals surface area (Å²) >= 11 is 6.59. The second kappa shape index (κ2) is 26.0. The fourth-order valence-electron chi connectivity index (χ4n) is 37.3. The summed E-state index contributed by atoms with van der Waals surface area (Å²) in [4.78, 5) is 48.8. The van der Waals surface area contributed by atoms with Gasteiger partial charge in [-0.1, -0.05) is 62.6 Å². The number of fused-ring (bicyclic) bond motifs is 40. The maximum atomic E-state index is 12.3. The molecule has 0 aromatic heterocycles.